The van der Waals surface area contributed by atoms with E-state index in [1.54, 1.807) is 24.3 Å². The summed E-state index contributed by atoms with van der Waals surface area (Å²) in [6.45, 7) is 0.281. The van der Waals surface area contributed by atoms with Crippen LogP contribution >= 0.6 is 0 Å². The van der Waals surface area contributed by atoms with Crippen LogP contribution in [0.25, 0.3) is 11.4 Å². The number of tetrazole rings is 1. The Morgan fingerprint density at radius 2 is 2.00 bits per heavy atom. The molecule has 4 rings (SSSR count). The average Bonchev–Trinajstić information content (AvgIpc) is 3.37. The molecule has 1 aromatic carbocycles. The fourth-order valence-electron chi connectivity index (χ4n) is 3.00. The Labute approximate surface area is 147 Å². The highest BCUT2D eigenvalue weighted by Crippen LogP contribution is 2.27. The highest BCUT2D eigenvalue weighted by atomic mass is 16.6. The molecule has 0 aliphatic carbocycles. The van der Waals surface area contributed by atoms with Gasteiger partial charge in [0.1, 0.15) is 18.3 Å². The quantitative estimate of drug-likeness (QED) is 0.492. The van der Waals surface area contributed by atoms with Gasteiger partial charge in [-0.05, 0) is 11.3 Å². The minimum Gasteiger partial charge on any atom is -0.483 e. The number of aliphatic hydroxyl groups excluding tert-OH is 1. The lowest BCUT2D eigenvalue weighted by Crippen LogP contribution is -2.44. The molecular weight excluding hydrogens is 346 g/mol. The van der Waals surface area contributed by atoms with Crippen LogP contribution in [-0.2, 0) is 14.3 Å². The van der Waals surface area contributed by atoms with Crippen molar-refractivity contribution in [1.82, 2.24) is 25.9 Å². The first kappa shape index (κ1) is 17.9. The molecule has 0 saturated carbocycles. The Kier molecular flexibility index (Phi) is 5.51. The van der Waals surface area contributed by atoms with E-state index in [0.29, 0.717) is 23.6 Å². The molecule has 0 unspecified atom stereocenters. The number of nitrogens with one attached hydrogen (secondary N) is 2. The molecule has 0 spiro atoms. The van der Waals surface area contributed by atoms with E-state index < -0.39 is 6.10 Å². The number of fused-ring (bicyclic) bond motifs is 1. The highest BCUT2D eigenvalue weighted by Gasteiger charge is 2.47. The van der Waals surface area contributed by atoms with Crippen molar-refractivity contribution in [2.24, 2.45) is 0 Å². The molecule has 4 N–H and O–H groups in total. The van der Waals surface area contributed by atoms with Gasteiger partial charge in [-0.2, -0.15) is 5.21 Å². The smallest absolute Gasteiger partial charge is 0.290 e. The molecule has 138 valence electrons. The van der Waals surface area contributed by atoms with Crippen LogP contribution in [0.4, 0.5) is 0 Å². The Morgan fingerprint density at radius 1 is 1.27 bits per heavy atom. The van der Waals surface area contributed by atoms with Crippen molar-refractivity contribution in [2.75, 3.05) is 13.2 Å². The number of hydrogen-bond acceptors (Lipinski definition) is 8. The zero-order valence-electron chi connectivity index (χ0n) is 13.5. The average molecular weight is 363 g/mol. The van der Waals surface area contributed by atoms with Gasteiger partial charge in [0.25, 0.3) is 12.4 Å². The zero-order chi connectivity index (χ0) is 18.5. The number of H-pyrrole nitrogens is 1. The van der Waals surface area contributed by atoms with Gasteiger partial charge < -0.3 is 25.0 Å². The van der Waals surface area contributed by atoms with Gasteiger partial charge in [0.15, 0.2) is 0 Å². The normalized spacial score (nSPS) is 26.5. The number of carbonyl (C=O) groups excluding carboxylic acids is 1. The van der Waals surface area contributed by atoms with E-state index in [9.17, 15) is 9.90 Å². The van der Waals surface area contributed by atoms with Crippen molar-refractivity contribution in [2.45, 2.75) is 24.4 Å². The second-order valence-electron chi connectivity index (χ2n) is 5.63. The van der Waals surface area contributed by atoms with E-state index in [1.807, 2.05) is 0 Å². The molecule has 2 fully saturated rings. The zero-order valence-corrected chi connectivity index (χ0v) is 13.5. The number of ether oxygens (including phenoxy) is 2. The lowest BCUT2D eigenvalue weighted by Gasteiger charge is -2.18. The summed E-state index contributed by atoms with van der Waals surface area (Å²) in [7, 11) is 0. The van der Waals surface area contributed by atoms with Crippen LogP contribution in [0.3, 0.4) is 0 Å². The number of aliphatic hydroxyl groups is 1. The van der Waals surface area contributed by atoms with Gasteiger partial charge in [0.2, 0.25) is 5.82 Å². The van der Waals surface area contributed by atoms with Crippen molar-refractivity contribution in [3.63, 3.8) is 0 Å². The molecule has 11 nitrogen and oxygen atoms in total. The number of hydrogen-bond donors (Lipinski definition) is 4. The van der Waals surface area contributed by atoms with Gasteiger partial charge in [-0.15, -0.1) is 10.2 Å². The molecule has 1 amide bonds. The summed E-state index contributed by atoms with van der Waals surface area (Å²) in [6.07, 6.45) is -1.35. The number of carbonyl (C=O) groups is 2. The number of rotatable bonds is 3. The summed E-state index contributed by atoms with van der Waals surface area (Å²) in [5.41, 5.74) is 1.03. The fourth-order valence-corrected chi connectivity index (χ4v) is 3.00. The lowest BCUT2D eigenvalue weighted by molar-refractivity contribution is -0.122. The largest absolute Gasteiger partial charge is 0.483 e. The van der Waals surface area contributed by atoms with Crippen LogP contribution in [0.15, 0.2) is 24.3 Å². The maximum Gasteiger partial charge on any atom is 0.290 e. The summed E-state index contributed by atoms with van der Waals surface area (Å²) >= 11 is 0. The maximum atomic E-state index is 12.6. The summed E-state index contributed by atoms with van der Waals surface area (Å²) in [5, 5.41) is 33.3. The third kappa shape index (κ3) is 3.54. The lowest BCUT2D eigenvalue weighted by atomic mass is 10.0. The van der Waals surface area contributed by atoms with Gasteiger partial charge in [-0.1, -0.05) is 18.2 Å². The summed E-state index contributed by atoms with van der Waals surface area (Å²) in [5.74, 6) is 0.0773. The Morgan fingerprint density at radius 3 is 2.73 bits per heavy atom. The van der Waals surface area contributed by atoms with Gasteiger partial charge in [0, 0.05) is 5.56 Å². The van der Waals surface area contributed by atoms with Gasteiger partial charge in [0.05, 0.1) is 24.8 Å². The topological polar surface area (TPSA) is 160 Å². The third-order valence-electron chi connectivity index (χ3n) is 4.10. The molecule has 2 aliphatic heterocycles. The summed E-state index contributed by atoms with van der Waals surface area (Å²) in [4.78, 5) is 21.0. The molecule has 2 aromatic rings. The molecule has 0 bridgehead atoms. The first-order valence-electron chi connectivity index (χ1n) is 7.78. The van der Waals surface area contributed by atoms with Crippen LogP contribution in [0, 0.1) is 0 Å². The third-order valence-corrected chi connectivity index (χ3v) is 4.10. The predicted molar refractivity (Wildman–Crippen MR) is 85.0 cm³/mol. The van der Waals surface area contributed by atoms with Crippen molar-refractivity contribution in [1.29, 1.82) is 0 Å². The maximum absolute atomic E-state index is 12.6. The van der Waals surface area contributed by atoms with E-state index in [2.05, 4.69) is 25.9 Å². The van der Waals surface area contributed by atoms with Crippen molar-refractivity contribution in [3.05, 3.63) is 29.8 Å². The Hall–Kier alpha value is -2.89. The predicted octanol–water partition coefficient (Wildman–Crippen LogP) is -1.18. The number of carboxylic acid groups (broad SMARTS) is 1. The van der Waals surface area contributed by atoms with Crippen molar-refractivity contribution >= 4 is 12.4 Å². The van der Waals surface area contributed by atoms with E-state index in [1.165, 1.54) is 0 Å². The fraction of sp³-hybridized carbons (Fsp3) is 0.400. The van der Waals surface area contributed by atoms with E-state index in [4.69, 9.17) is 19.4 Å². The van der Waals surface area contributed by atoms with Crippen LogP contribution in [-0.4, -0.2) is 80.8 Å². The molecule has 2 aliphatic rings. The van der Waals surface area contributed by atoms with E-state index >= 15 is 0 Å². The molecule has 1 aromatic heterocycles. The highest BCUT2D eigenvalue weighted by molar-refractivity contribution is 6.00. The van der Waals surface area contributed by atoms with E-state index in [0.717, 1.165) is 0 Å². The summed E-state index contributed by atoms with van der Waals surface area (Å²) < 4.78 is 11.0. The monoisotopic (exact) mass is 363 g/mol. The van der Waals surface area contributed by atoms with Gasteiger partial charge in [-0.25, -0.2) is 0 Å². The first-order chi connectivity index (χ1) is 12.7. The molecule has 11 heteroatoms. The number of aromatic nitrogens is 4. The van der Waals surface area contributed by atoms with Crippen molar-refractivity contribution in [3.8, 4) is 11.4 Å². The number of aromatic amines is 1. The van der Waals surface area contributed by atoms with E-state index in [-0.39, 0.29) is 37.2 Å². The molecule has 2 saturated heterocycles. The van der Waals surface area contributed by atoms with Gasteiger partial charge >= 0.3 is 0 Å². The minimum absolute atomic E-state index is 0.223. The molecular formula is C15H17N5O6. The second-order valence-corrected chi connectivity index (χ2v) is 5.63. The van der Waals surface area contributed by atoms with Crippen molar-refractivity contribution < 1.29 is 29.3 Å². The molecule has 0 radical (unpaired) electrons. The molecule has 4 atom stereocenters. The SMILES string of the molecule is O=C(N[C@@H]1CO[C@H]2[C@@H]1OC[C@H]2O)c1ccccc1-c1nn[nH]n1.O=CO. The number of nitrogens with zero attached hydrogens (tertiary/aromatic N) is 3. The number of amides is 1. The van der Waals surface area contributed by atoms with Gasteiger partial charge in [-0.3, -0.25) is 9.59 Å². The van der Waals surface area contributed by atoms with Crippen LogP contribution in [0.1, 0.15) is 10.4 Å². The van der Waals surface area contributed by atoms with Crippen LogP contribution in [0.2, 0.25) is 0 Å². The molecule has 3 heterocycles. The van der Waals surface area contributed by atoms with Crippen LogP contribution in [0.5, 0.6) is 0 Å². The Balaban J connectivity index is 0.000000613. The standard InChI is InChI=1S/C14H15N5O4.CH2O2/c20-10-6-23-11-9(5-22-12(10)11)15-14(21)8-4-2-1-3-7(8)13-16-18-19-17-13;2-1-3/h1-4,9-12,20H,5-6H2,(H,15,21)(H,16,17,18,19);1H,(H,2,3)/t9-,10-,11-,12-;/m1./s1. The Bertz CT molecular complexity index is 755. The van der Waals surface area contributed by atoms with Crippen LogP contribution < -0.4 is 5.32 Å². The minimum atomic E-state index is -0.645. The first-order valence-corrected chi connectivity index (χ1v) is 7.78. The second kappa shape index (κ2) is 7.99. The molecule has 26 heavy (non-hydrogen) atoms. The summed E-state index contributed by atoms with van der Waals surface area (Å²) in [6, 6.07) is 6.71. The number of benzene rings is 1.